The highest BCUT2D eigenvalue weighted by Gasteiger charge is 2.62. The minimum Gasteiger partial charge on any atom is -0.503 e. The first kappa shape index (κ1) is 13.3. The summed E-state index contributed by atoms with van der Waals surface area (Å²) in [5, 5.41) is 9.70. The van der Waals surface area contributed by atoms with Crippen molar-refractivity contribution in [3.05, 3.63) is 23.8 Å². The average molecular weight is 343 g/mol. The highest BCUT2D eigenvalue weighted by molar-refractivity contribution is 5.85. The maximum absolute atomic E-state index is 13.6. The number of rotatable bonds is 3. The number of carbonyl (C=O) groups excluding carboxylic acids is 1. The summed E-state index contributed by atoms with van der Waals surface area (Å²) >= 11 is 0. The summed E-state index contributed by atoms with van der Waals surface area (Å²) in [7, 11) is -3.47. The largest absolute Gasteiger partial charge is 0.503 e. The molecule has 1 aromatic rings. The van der Waals surface area contributed by atoms with Crippen LogP contribution in [0.3, 0.4) is 0 Å². The summed E-state index contributed by atoms with van der Waals surface area (Å²) < 4.78 is 92.6. The molecule has 1 saturated heterocycles. The molecule has 0 aromatic heterocycles. The van der Waals surface area contributed by atoms with Crippen molar-refractivity contribution in [3.8, 4) is 5.75 Å². The molecule has 2 atom stereocenters. The van der Waals surface area contributed by atoms with Gasteiger partial charge in [0, 0.05) is 13.5 Å². The minimum absolute atomic E-state index is 0.528. The first-order chi connectivity index (χ1) is 11.7. The number of aromatic hydroxyl groups is 1. The van der Waals surface area contributed by atoms with Crippen LogP contribution in [-0.4, -0.2) is 42.4 Å². The van der Waals surface area contributed by atoms with Crippen molar-refractivity contribution in [2.45, 2.75) is 24.2 Å². The van der Waals surface area contributed by atoms with E-state index in [0.717, 1.165) is 6.07 Å². The van der Waals surface area contributed by atoms with Crippen LogP contribution in [-0.2, 0) is 9.53 Å². The Morgan fingerprint density at radius 2 is 2.17 bits per heavy atom. The maximum Gasteiger partial charge on any atom is 0.419 e. The van der Waals surface area contributed by atoms with E-state index in [1.165, 1.54) is 0 Å². The fourth-order valence-electron chi connectivity index (χ4n) is 2.48. The zero-order valence-corrected chi connectivity index (χ0v) is 11.3. The van der Waals surface area contributed by atoms with Gasteiger partial charge in [0.05, 0.1) is 16.3 Å². The molecule has 1 aliphatic heterocycles. The molecule has 1 amide bonds. The number of hydrogen-bond acceptors (Lipinski definition) is 4. The van der Waals surface area contributed by atoms with Gasteiger partial charge in [-0.2, -0.15) is 17.6 Å². The van der Waals surface area contributed by atoms with Gasteiger partial charge in [0.1, 0.15) is 6.04 Å². The van der Waals surface area contributed by atoms with E-state index < -0.39 is 66.8 Å². The van der Waals surface area contributed by atoms with Crippen molar-refractivity contribution in [1.82, 2.24) is 0 Å². The number of carbonyl (C=O) groups is 1. The molecule has 1 heterocycles. The van der Waals surface area contributed by atoms with Crippen LogP contribution < -0.4 is 10.6 Å². The Bertz CT molecular complexity index is 728. The van der Waals surface area contributed by atoms with Gasteiger partial charge in [0.25, 0.3) is 0 Å². The smallest absolute Gasteiger partial charge is 0.419 e. The highest BCUT2D eigenvalue weighted by Crippen LogP contribution is 2.46. The quantitative estimate of drug-likeness (QED) is 0.819. The van der Waals surface area contributed by atoms with E-state index >= 15 is 0 Å². The molecule has 5 nitrogen and oxygen atoms in total. The topological polar surface area (TPSA) is 75.8 Å². The number of anilines is 1. The van der Waals surface area contributed by atoms with Gasteiger partial charge in [-0.15, -0.1) is 0 Å². The van der Waals surface area contributed by atoms with Crippen LogP contribution in [0, 0.1) is 11.6 Å². The summed E-state index contributed by atoms with van der Waals surface area (Å²) in [5.41, 5.74) is 1.08. The Balaban J connectivity index is 2.57. The summed E-state index contributed by atoms with van der Waals surface area (Å²) in [5.74, 6) is -5.86. The third-order valence-corrected chi connectivity index (χ3v) is 3.72. The van der Waals surface area contributed by atoms with Gasteiger partial charge >= 0.3 is 6.18 Å². The van der Waals surface area contributed by atoms with Crippen LogP contribution in [0.5, 0.6) is 5.75 Å². The Kier molecular flexibility index (Phi) is 3.20. The second-order valence-corrected chi connectivity index (χ2v) is 5.07. The number of hydrogen-bond donors (Lipinski definition) is 2. The Morgan fingerprint density at radius 1 is 1.52 bits per heavy atom. The molecule has 0 saturated carbocycles. The predicted octanol–water partition coefficient (Wildman–Crippen LogP) is 1.68. The minimum atomic E-state index is -5.24. The van der Waals surface area contributed by atoms with Gasteiger partial charge in [-0.25, -0.2) is 4.39 Å². The molecule has 23 heavy (non-hydrogen) atoms. The van der Waals surface area contributed by atoms with Crippen molar-refractivity contribution >= 4 is 11.6 Å². The van der Waals surface area contributed by atoms with Crippen molar-refractivity contribution in [1.29, 1.82) is 0 Å². The summed E-state index contributed by atoms with van der Waals surface area (Å²) in [6.07, 6.45) is -6.44. The number of primary amides is 1. The first-order valence-electron chi connectivity index (χ1n) is 7.68. The van der Waals surface area contributed by atoms with E-state index in [4.69, 9.17) is 9.85 Å². The Hall–Kier alpha value is -2.10. The number of methoxy groups -OCH3 is 1. The number of phenolic OH excluding ortho intramolecular Hbond substituents is 1. The number of benzene rings is 1. The van der Waals surface area contributed by atoms with Crippen molar-refractivity contribution in [3.63, 3.8) is 0 Å². The Labute approximate surface area is 131 Å². The monoisotopic (exact) mass is 343 g/mol. The lowest BCUT2D eigenvalue weighted by Crippen LogP contribution is -2.49. The van der Waals surface area contributed by atoms with E-state index in [-0.39, 0.29) is 0 Å². The van der Waals surface area contributed by atoms with Crippen molar-refractivity contribution in [2.24, 2.45) is 5.73 Å². The Morgan fingerprint density at radius 3 is 2.70 bits per heavy atom. The van der Waals surface area contributed by atoms with Gasteiger partial charge < -0.3 is 20.5 Å². The van der Waals surface area contributed by atoms with Crippen LogP contribution in [0.15, 0.2) is 12.1 Å². The van der Waals surface area contributed by atoms with Gasteiger partial charge in [-0.1, -0.05) is 0 Å². The van der Waals surface area contributed by atoms with E-state index in [9.17, 15) is 31.9 Å². The second kappa shape index (κ2) is 5.52. The second-order valence-electron chi connectivity index (χ2n) is 5.07. The molecule has 2 rings (SSSR count). The molecule has 3 N–H and O–H groups in total. The van der Waals surface area contributed by atoms with Gasteiger partial charge in [-0.3, -0.25) is 4.79 Å². The molecular weight excluding hydrogens is 327 g/mol. The number of halogens is 5. The van der Waals surface area contributed by atoms with E-state index in [1.807, 2.05) is 0 Å². The van der Waals surface area contributed by atoms with Crippen LogP contribution in [0.1, 0.15) is 10.5 Å². The van der Waals surface area contributed by atoms with Gasteiger partial charge in [-0.05, 0) is 12.1 Å². The summed E-state index contributed by atoms with van der Waals surface area (Å²) in [6, 6.07) is -0.513. The fraction of sp³-hybridized carbons (Fsp3) is 0.462. The maximum atomic E-state index is 13.6. The first-order valence-corrected chi connectivity index (χ1v) is 6.18. The average Bonchev–Trinajstić information content (AvgIpc) is 2.83. The SMILES string of the molecule is [2H]C([2H])([2H])OC1(C(F)(F)F)CC(C(N)=O)N(c2ccc(F)c(F)c2O)C1. The lowest BCUT2D eigenvalue weighted by molar-refractivity contribution is -0.261. The molecule has 0 bridgehead atoms. The van der Waals surface area contributed by atoms with Gasteiger partial charge in [0.15, 0.2) is 17.2 Å². The predicted molar refractivity (Wildman–Crippen MR) is 68.8 cm³/mol. The third kappa shape index (κ3) is 2.67. The summed E-state index contributed by atoms with van der Waals surface area (Å²) in [4.78, 5) is 12.1. The zero-order chi connectivity index (χ0) is 20.1. The number of nitrogens with two attached hydrogens (primary N) is 1. The fourth-order valence-corrected chi connectivity index (χ4v) is 2.48. The summed E-state index contributed by atoms with van der Waals surface area (Å²) in [6.45, 7) is -1.28. The molecule has 128 valence electrons. The zero-order valence-electron chi connectivity index (χ0n) is 14.3. The normalized spacial score (nSPS) is 27.4. The molecule has 10 heteroatoms. The number of alkyl halides is 3. The van der Waals surface area contributed by atoms with Crippen LogP contribution in [0.4, 0.5) is 27.6 Å². The lowest BCUT2D eigenvalue weighted by Gasteiger charge is -2.30. The number of phenols is 1. The van der Waals surface area contributed by atoms with E-state index in [0.29, 0.717) is 11.0 Å². The molecule has 0 aliphatic carbocycles. The van der Waals surface area contributed by atoms with E-state index in [2.05, 4.69) is 4.74 Å². The molecule has 1 fully saturated rings. The molecule has 1 aromatic carbocycles. The molecule has 0 radical (unpaired) electrons. The standard InChI is InChI=1S/C13H13F5N2O3/c1-23-12(13(16,17)18)4-8(11(19)22)20(5-12)7-3-2-6(14)9(15)10(7)21/h2-3,8,21H,4-5H2,1H3,(H2,19,22)/i1D3. The third-order valence-electron chi connectivity index (χ3n) is 3.72. The molecule has 1 aliphatic rings. The van der Waals surface area contributed by atoms with Crippen LogP contribution >= 0.6 is 0 Å². The number of ether oxygens (including phenoxy) is 1. The van der Waals surface area contributed by atoms with Gasteiger partial charge in [0.2, 0.25) is 11.7 Å². The van der Waals surface area contributed by atoms with Crippen LogP contribution in [0.2, 0.25) is 0 Å². The van der Waals surface area contributed by atoms with Crippen LogP contribution in [0.25, 0.3) is 0 Å². The molecule has 0 spiro atoms. The van der Waals surface area contributed by atoms with Crippen molar-refractivity contribution < 1.29 is 40.7 Å². The van der Waals surface area contributed by atoms with Crippen molar-refractivity contribution in [2.75, 3.05) is 18.5 Å². The number of nitrogens with zero attached hydrogens (tertiary/aromatic N) is 1. The van der Waals surface area contributed by atoms with E-state index in [1.54, 1.807) is 0 Å². The highest BCUT2D eigenvalue weighted by atomic mass is 19.4. The number of amides is 1. The lowest BCUT2D eigenvalue weighted by atomic mass is 9.99. The molecule has 2 unspecified atom stereocenters. The molecular formula is C13H13F5N2O3.